The number of nitrogens with one attached hydrogen (secondary N) is 1. The summed E-state index contributed by atoms with van der Waals surface area (Å²) in [5.74, 6) is -1.45. The summed E-state index contributed by atoms with van der Waals surface area (Å²) in [5.41, 5.74) is 0.0665. The Labute approximate surface area is 134 Å². The molecule has 1 aromatic carbocycles. The van der Waals surface area contributed by atoms with Gasteiger partial charge in [-0.25, -0.2) is 4.79 Å². The van der Waals surface area contributed by atoms with E-state index in [0.717, 1.165) is 0 Å². The van der Waals surface area contributed by atoms with Crippen molar-refractivity contribution in [1.82, 2.24) is 0 Å². The van der Waals surface area contributed by atoms with Crippen LogP contribution in [0.25, 0.3) is 0 Å². The molecule has 1 heterocycles. The van der Waals surface area contributed by atoms with Crippen LogP contribution in [0.5, 0.6) is 5.75 Å². The van der Waals surface area contributed by atoms with Crippen molar-refractivity contribution in [1.29, 1.82) is 0 Å². The molecular formula is C15H13F2NO4S. The number of thiophene rings is 1. The summed E-state index contributed by atoms with van der Waals surface area (Å²) in [7, 11) is 0. The van der Waals surface area contributed by atoms with Gasteiger partial charge in [0, 0.05) is 0 Å². The normalized spacial score (nSPS) is 11.8. The highest BCUT2D eigenvalue weighted by Crippen LogP contribution is 2.25. The molecule has 0 aliphatic heterocycles. The fourth-order valence-corrected chi connectivity index (χ4v) is 2.28. The molecule has 122 valence electrons. The number of carbonyl (C=O) groups excluding carboxylic acids is 2. The van der Waals surface area contributed by atoms with E-state index in [2.05, 4.69) is 10.1 Å². The van der Waals surface area contributed by atoms with Gasteiger partial charge in [0.25, 0.3) is 5.91 Å². The minimum Gasteiger partial charge on any atom is -0.448 e. The number of halogens is 2. The molecule has 8 heteroatoms. The Bertz CT molecular complexity index is 676. The lowest BCUT2D eigenvalue weighted by Crippen LogP contribution is -2.30. The zero-order valence-electron chi connectivity index (χ0n) is 12.0. The number of ether oxygens (including phenoxy) is 2. The standard InChI is InChI=1S/C15H13F2NO4S/c1-9(21-14(20)12-7-4-8-23-12)13(19)18-10-5-2-3-6-11(10)22-15(16)17/h2-9,15H,1H3,(H,18,19)/t9-/m1/s1. The molecule has 23 heavy (non-hydrogen) atoms. The monoisotopic (exact) mass is 341 g/mol. The van der Waals surface area contributed by atoms with Gasteiger partial charge in [-0.05, 0) is 30.5 Å². The Balaban J connectivity index is 2.00. The molecule has 1 atom stereocenters. The van der Waals surface area contributed by atoms with Crippen LogP contribution in [-0.4, -0.2) is 24.6 Å². The largest absolute Gasteiger partial charge is 0.448 e. The van der Waals surface area contributed by atoms with Gasteiger partial charge in [-0.3, -0.25) is 4.79 Å². The number of rotatable bonds is 6. The fraction of sp³-hybridized carbons (Fsp3) is 0.200. The van der Waals surface area contributed by atoms with Crippen molar-refractivity contribution in [3.05, 3.63) is 46.7 Å². The molecule has 1 aromatic heterocycles. The molecule has 1 amide bonds. The zero-order chi connectivity index (χ0) is 16.8. The van der Waals surface area contributed by atoms with Crippen molar-refractivity contribution < 1.29 is 27.8 Å². The smallest absolute Gasteiger partial charge is 0.387 e. The predicted molar refractivity (Wildman–Crippen MR) is 80.9 cm³/mol. The minimum absolute atomic E-state index is 0.0665. The van der Waals surface area contributed by atoms with E-state index >= 15 is 0 Å². The lowest BCUT2D eigenvalue weighted by Gasteiger charge is -2.15. The highest BCUT2D eigenvalue weighted by atomic mass is 32.1. The highest BCUT2D eigenvalue weighted by Gasteiger charge is 2.21. The van der Waals surface area contributed by atoms with E-state index in [1.807, 2.05) is 0 Å². The first-order valence-corrected chi connectivity index (χ1v) is 7.44. The Morgan fingerprint density at radius 3 is 2.57 bits per heavy atom. The Hall–Kier alpha value is -2.48. The average Bonchev–Trinajstić information content (AvgIpc) is 3.03. The van der Waals surface area contributed by atoms with Crippen molar-refractivity contribution >= 4 is 28.9 Å². The zero-order valence-corrected chi connectivity index (χ0v) is 12.8. The number of carbonyl (C=O) groups is 2. The Morgan fingerprint density at radius 2 is 1.91 bits per heavy atom. The summed E-state index contributed by atoms with van der Waals surface area (Å²) in [6, 6.07) is 9.00. The number of benzene rings is 1. The van der Waals surface area contributed by atoms with Gasteiger partial charge in [0.15, 0.2) is 6.10 Å². The maximum Gasteiger partial charge on any atom is 0.387 e. The molecule has 0 bridgehead atoms. The molecule has 0 saturated carbocycles. The summed E-state index contributed by atoms with van der Waals surface area (Å²) >= 11 is 1.19. The summed E-state index contributed by atoms with van der Waals surface area (Å²) in [5, 5.41) is 4.10. The fourth-order valence-electron chi connectivity index (χ4n) is 1.67. The van der Waals surface area contributed by atoms with E-state index in [-0.39, 0.29) is 11.4 Å². The number of alkyl halides is 2. The van der Waals surface area contributed by atoms with Crippen molar-refractivity contribution in [3.8, 4) is 5.75 Å². The second-order valence-corrected chi connectivity index (χ2v) is 5.34. The summed E-state index contributed by atoms with van der Waals surface area (Å²) in [6.07, 6.45) is -1.09. The van der Waals surface area contributed by atoms with Gasteiger partial charge in [-0.1, -0.05) is 18.2 Å². The van der Waals surface area contributed by atoms with Crippen molar-refractivity contribution in [3.63, 3.8) is 0 Å². The second-order valence-electron chi connectivity index (χ2n) is 4.39. The van der Waals surface area contributed by atoms with E-state index < -0.39 is 24.6 Å². The molecule has 5 nitrogen and oxygen atoms in total. The van der Waals surface area contributed by atoms with Crippen LogP contribution in [0, 0.1) is 0 Å². The van der Waals surface area contributed by atoms with Crippen LogP contribution in [0.1, 0.15) is 16.6 Å². The minimum atomic E-state index is -3.01. The van der Waals surface area contributed by atoms with E-state index in [1.54, 1.807) is 23.6 Å². The lowest BCUT2D eigenvalue weighted by atomic mass is 10.2. The van der Waals surface area contributed by atoms with E-state index in [9.17, 15) is 18.4 Å². The van der Waals surface area contributed by atoms with E-state index in [1.165, 1.54) is 36.5 Å². The van der Waals surface area contributed by atoms with Crippen molar-refractivity contribution in [2.45, 2.75) is 19.6 Å². The maximum absolute atomic E-state index is 12.3. The number of hydrogen-bond acceptors (Lipinski definition) is 5. The van der Waals surface area contributed by atoms with Gasteiger partial charge in [-0.2, -0.15) is 8.78 Å². The molecule has 2 rings (SSSR count). The molecule has 2 aromatic rings. The quantitative estimate of drug-likeness (QED) is 0.817. The topological polar surface area (TPSA) is 64.6 Å². The van der Waals surface area contributed by atoms with Crippen LogP contribution in [0.3, 0.4) is 0 Å². The van der Waals surface area contributed by atoms with Gasteiger partial charge in [0.2, 0.25) is 0 Å². The van der Waals surface area contributed by atoms with Gasteiger partial charge in [0.1, 0.15) is 10.6 Å². The number of esters is 1. The summed E-state index contributed by atoms with van der Waals surface area (Å²) < 4.78 is 34.0. The van der Waals surface area contributed by atoms with Crippen LogP contribution in [-0.2, 0) is 9.53 Å². The van der Waals surface area contributed by atoms with E-state index in [0.29, 0.717) is 4.88 Å². The molecule has 0 radical (unpaired) electrons. The summed E-state index contributed by atoms with van der Waals surface area (Å²) in [4.78, 5) is 24.2. The maximum atomic E-state index is 12.3. The van der Waals surface area contributed by atoms with Crippen LogP contribution in [0.4, 0.5) is 14.5 Å². The van der Waals surface area contributed by atoms with Crippen LogP contribution in [0.15, 0.2) is 41.8 Å². The molecule has 0 aliphatic rings. The molecule has 0 fully saturated rings. The van der Waals surface area contributed by atoms with Gasteiger partial charge in [0.05, 0.1) is 5.69 Å². The van der Waals surface area contributed by atoms with Crippen LogP contribution < -0.4 is 10.1 Å². The van der Waals surface area contributed by atoms with E-state index in [4.69, 9.17) is 4.74 Å². The van der Waals surface area contributed by atoms with Gasteiger partial charge < -0.3 is 14.8 Å². The first-order chi connectivity index (χ1) is 11.0. The molecule has 1 N–H and O–H groups in total. The lowest BCUT2D eigenvalue weighted by molar-refractivity contribution is -0.123. The third-order valence-electron chi connectivity index (χ3n) is 2.74. The number of anilines is 1. The molecule has 0 unspecified atom stereocenters. The number of para-hydroxylation sites is 2. The molecule has 0 aliphatic carbocycles. The third kappa shape index (κ3) is 4.75. The van der Waals surface area contributed by atoms with Gasteiger partial charge >= 0.3 is 12.6 Å². The third-order valence-corrected chi connectivity index (χ3v) is 3.59. The first-order valence-electron chi connectivity index (χ1n) is 6.56. The van der Waals surface area contributed by atoms with Crippen LogP contribution in [0.2, 0.25) is 0 Å². The van der Waals surface area contributed by atoms with Crippen molar-refractivity contribution in [2.24, 2.45) is 0 Å². The van der Waals surface area contributed by atoms with Gasteiger partial charge in [-0.15, -0.1) is 11.3 Å². The summed E-state index contributed by atoms with van der Waals surface area (Å²) in [6.45, 7) is -1.63. The Kier molecular flexibility index (Phi) is 5.64. The molecule has 0 saturated heterocycles. The highest BCUT2D eigenvalue weighted by molar-refractivity contribution is 7.11. The Morgan fingerprint density at radius 1 is 1.17 bits per heavy atom. The molecular weight excluding hydrogens is 328 g/mol. The SMILES string of the molecule is C[C@@H](OC(=O)c1cccs1)C(=O)Nc1ccccc1OC(F)F. The predicted octanol–water partition coefficient (Wildman–Crippen LogP) is 3.53. The number of amides is 1. The second kappa shape index (κ2) is 7.68. The molecule has 0 spiro atoms. The first kappa shape index (κ1) is 16.9. The number of hydrogen-bond donors (Lipinski definition) is 1. The van der Waals surface area contributed by atoms with Crippen molar-refractivity contribution in [2.75, 3.05) is 5.32 Å². The average molecular weight is 341 g/mol. The van der Waals surface area contributed by atoms with Crippen LogP contribution >= 0.6 is 11.3 Å².